The van der Waals surface area contributed by atoms with E-state index in [9.17, 15) is 13.2 Å². The number of nitrogens with zero attached hydrogens (tertiary/aromatic N) is 4. The van der Waals surface area contributed by atoms with E-state index in [4.69, 9.17) is 5.73 Å². The number of anilines is 5. The van der Waals surface area contributed by atoms with E-state index in [1.807, 2.05) is 36.1 Å². The van der Waals surface area contributed by atoms with E-state index >= 15 is 0 Å². The van der Waals surface area contributed by atoms with Crippen molar-refractivity contribution in [3.63, 3.8) is 0 Å². The zero-order chi connectivity index (χ0) is 29.6. The van der Waals surface area contributed by atoms with E-state index in [-0.39, 0.29) is 10.8 Å². The van der Waals surface area contributed by atoms with Crippen molar-refractivity contribution in [2.24, 2.45) is 5.73 Å². The Labute approximate surface area is 242 Å². The van der Waals surface area contributed by atoms with Crippen LogP contribution in [0.4, 0.5) is 28.8 Å². The molecule has 11 nitrogen and oxygen atoms in total. The number of aryl methyl sites for hydroxylation is 1. The summed E-state index contributed by atoms with van der Waals surface area (Å²) in [5.74, 6) is 1.15. The molecule has 220 valence electrons. The van der Waals surface area contributed by atoms with Crippen molar-refractivity contribution in [2.75, 3.05) is 48.3 Å². The molecule has 1 saturated heterocycles. The number of aromatic nitrogens is 2. The van der Waals surface area contributed by atoms with Gasteiger partial charge in [0.2, 0.25) is 21.9 Å². The average Bonchev–Trinajstić information content (AvgIpc) is 2.93. The number of benzene rings is 2. The Balaban J connectivity index is 1.39. The minimum atomic E-state index is -3.67. The van der Waals surface area contributed by atoms with E-state index in [0.717, 1.165) is 36.4 Å². The van der Waals surface area contributed by atoms with Crippen molar-refractivity contribution < 1.29 is 13.2 Å². The SMILES string of the molecule is Cc1cnc(Nc2ccc(N3CCN(C(=O)CCCN)CC3)cc2)nc1Nc1cccc(S(=O)(=O)NC(C)(C)C)c1. The Morgan fingerprint density at radius 3 is 2.37 bits per heavy atom. The molecule has 0 spiro atoms. The third-order valence-electron chi connectivity index (χ3n) is 6.54. The second-order valence-corrected chi connectivity index (χ2v) is 12.8. The summed E-state index contributed by atoms with van der Waals surface area (Å²) < 4.78 is 28.2. The van der Waals surface area contributed by atoms with Gasteiger partial charge in [-0.15, -0.1) is 0 Å². The Morgan fingerprint density at radius 2 is 1.71 bits per heavy atom. The number of hydrogen-bond acceptors (Lipinski definition) is 9. The molecular weight excluding hydrogens is 540 g/mol. The Bertz CT molecular complexity index is 1450. The largest absolute Gasteiger partial charge is 0.368 e. The first-order valence-corrected chi connectivity index (χ1v) is 15.3. The summed E-state index contributed by atoms with van der Waals surface area (Å²) in [6.45, 7) is 10.8. The molecule has 5 N–H and O–H groups in total. The van der Waals surface area contributed by atoms with Crippen molar-refractivity contribution in [2.45, 2.75) is 51.0 Å². The third kappa shape index (κ3) is 8.38. The number of hydrogen-bond donors (Lipinski definition) is 4. The predicted molar refractivity (Wildman–Crippen MR) is 163 cm³/mol. The number of nitrogens with one attached hydrogen (secondary N) is 3. The standard InChI is InChI=1S/C29H40N8O3S/c1-21-20-31-28(34-27(21)32-23-7-5-8-25(19-23)41(39,40)35-29(2,3)4)33-22-10-12-24(13-11-22)36-15-17-37(18-16-36)26(38)9-6-14-30/h5,7-8,10-13,19-20,35H,6,9,14-18,30H2,1-4H3,(H2,31,32,33,34). The number of rotatable bonds is 10. The highest BCUT2D eigenvalue weighted by atomic mass is 32.2. The maximum atomic E-state index is 12.8. The summed E-state index contributed by atoms with van der Waals surface area (Å²) in [6.07, 6.45) is 2.95. The molecule has 12 heteroatoms. The summed E-state index contributed by atoms with van der Waals surface area (Å²) in [4.78, 5) is 25.6. The van der Waals surface area contributed by atoms with E-state index in [1.165, 1.54) is 0 Å². The van der Waals surface area contributed by atoms with Gasteiger partial charge in [-0.05, 0) is 83.1 Å². The summed E-state index contributed by atoms with van der Waals surface area (Å²) in [7, 11) is -3.67. The fourth-order valence-corrected chi connectivity index (χ4v) is 5.94. The van der Waals surface area contributed by atoms with Gasteiger partial charge in [0.15, 0.2) is 0 Å². The van der Waals surface area contributed by atoms with Crippen LogP contribution in [0.5, 0.6) is 0 Å². The molecule has 0 radical (unpaired) electrons. The van der Waals surface area contributed by atoms with Gasteiger partial charge in [0.05, 0.1) is 4.90 Å². The van der Waals surface area contributed by atoms with Crippen LogP contribution in [0.15, 0.2) is 59.6 Å². The van der Waals surface area contributed by atoms with Gasteiger partial charge in [-0.25, -0.2) is 18.1 Å². The third-order valence-corrected chi connectivity index (χ3v) is 8.29. The van der Waals surface area contributed by atoms with Crippen LogP contribution >= 0.6 is 0 Å². The highest BCUT2D eigenvalue weighted by Crippen LogP contribution is 2.25. The fourth-order valence-electron chi connectivity index (χ4n) is 4.48. The van der Waals surface area contributed by atoms with Crippen LogP contribution in [0, 0.1) is 6.92 Å². The zero-order valence-corrected chi connectivity index (χ0v) is 25.0. The lowest BCUT2D eigenvalue weighted by atomic mass is 10.1. The van der Waals surface area contributed by atoms with E-state index in [2.05, 4.69) is 30.2 Å². The number of sulfonamides is 1. The van der Waals surface area contributed by atoms with Crippen molar-refractivity contribution in [1.29, 1.82) is 0 Å². The molecule has 1 amide bonds. The molecule has 1 aromatic heterocycles. The summed E-state index contributed by atoms with van der Waals surface area (Å²) in [5, 5.41) is 6.46. The number of amides is 1. The molecule has 1 aliphatic rings. The molecule has 0 aliphatic carbocycles. The fraction of sp³-hybridized carbons (Fsp3) is 0.414. The second kappa shape index (κ2) is 12.8. The first-order valence-electron chi connectivity index (χ1n) is 13.8. The molecule has 2 aromatic carbocycles. The van der Waals surface area contributed by atoms with Gasteiger partial charge in [-0.2, -0.15) is 4.98 Å². The molecule has 41 heavy (non-hydrogen) atoms. The predicted octanol–water partition coefficient (Wildman–Crippen LogP) is 3.74. The second-order valence-electron chi connectivity index (χ2n) is 11.2. The Kier molecular flexibility index (Phi) is 9.46. The minimum absolute atomic E-state index is 0.169. The van der Waals surface area contributed by atoms with Gasteiger partial charge in [-0.3, -0.25) is 4.79 Å². The molecule has 1 aliphatic heterocycles. The molecule has 0 saturated carbocycles. The van der Waals surface area contributed by atoms with Crippen LogP contribution in [-0.2, 0) is 14.8 Å². The van der Waals surface area contributed by atoms with Gasteiger partial charge in [0, 0.05) is 67.0 Å². The molecular formula is C29H40N8O3S. The van der Waals surface area contributed by atoms with Gasteiger partial charge >= 0.3 is 0 Å². The van der Waals surface area contributed by atoms with Gasteiger partial charge in [-0.1, -0.05) is 6.07 Å². The van der Waals surface area contributed by atoms with Crippen LogP contribution < -0.4 is 26.0 Å². The minimum Gasteiger partial charge on any atom is -0.368 e. The van der Waals surface area contributed by atoms with Crippen molar-refractivity contribution in [3.05, 3.63) is 60.3 Å². The lowest BCUT2D eigenvalue weighted by Crippen LogP contribution is -2.48. The van der Waals surface area contributed by atoms with E-state index in [1.54, 1.807) is 51.2 Å². The summed E-state index contributed by atoms with van der Waals surface area (Å²) in [6, 6.07) is 14.7. The molecule has 3 aromatic rings. The van der Waals surface area contributed by atoms with E-state index in [0.29, 0.717) is 43.5 Å². The van der Waals surface area contributed by atoms with Crippen molar-refractivity contribution in [3.8, 4) is 0 Å². The van der Waals surface area contributed by atoms with Crippen LogP contribution in [0.25, 0.3) is 0 Å². The number of piperazine rings is 1. The van der Waals surface area contributed by atoms with Crippen LogP contribution in [-0.4, -0.2) is 67.5 Å². The maximum absolute atomic E-state index is 12.8. The van der Waals surface area contributed by atoms with Gasteiger partial charge < -0.3 is 26.2 Å². The Hall–Kier alpha value is -3.74. The van der Waals surface area contributed by atoms with Crippen molar-refractivity contribution in [1.82, 2.24) is 19.6 Å². The monoisotopic (exact) mass is 580 g/mol. The lowest BCUT2D eigenvalue weighted by Gasteiger charge is -2.36. The highest BCUT2D eigenvalue weighted by molar-refractivity contribution is 7.89. The lowest BCUT2D eigenvalue weighted by molar-refractivity contribution is -0.131. The number of carbonyl (C=O) groups is 1. The first-order chi connectivity index (χ1) is 19.4. The van der Waals surface area contributed by atoms with Gasteiger partial charge in [0.1, 0.15) is 5.82 Å². The van der Waals surface area contributed by atoms with Crippen molar-refractivity contribution >= 4 is 44.8 Å². The molecule has 4 rings (SSSR count). The summed E-state index contributed by atoms with van der Waals surface area (Å²) in [5.41, 5.74) is 8.27. The molecule has 2 heterocycles. The molecule has 0 bridgehead atoms. The zero-order valence-electron chi connectivity index (χ0n) is 24.1. The Morgan fingerprint density at radius 1 is 1.00 bits per heavy atom. The topological polar surface area (TPSA) is 146 Å². The van der Waals surface area contributed by atoms with Crippen LogP contribution in [0.2, 0.25) is 0 Å². The normalized spacial score (nSPS) is 14.2. The highest BCUT2D eigenvalue weighted by Gasteiger charge is 2.23. The molecule has 0 unspecified atom stereocenters. The number of carbonyl (C=O) groups excluding carboxylic acids is 1. The van der Waals surface area contributed by atoms with Crippen LogP contribution in [0.3, 0.4) is 0 Å². The first kappa shape index (κ1) is 30.2. The summed E-state index contributed by atoms with van der Waals surface area (Å²) >= 11 is 0. The quantitative estimate of drug-likeness (QED) is 0.282. The van der Waals surface area contributed by atoms with Crippen LogP contribution in [0.1, 0.15) is 39.2 Å². The van der Waals surface area contributed by atoms with E-state index < -0.39 is 15.6 Å². The van der Waals surface area contributed by atoms with Gasteiger partial charge in [0.25, 0.3) is 0 Å². The smallest absolute Gasteiger partial charge is 0.241 e. The number of nitrogens with two attached hydrogens (primary N) is 1. The average molecular weight is 581 g/mol. The molecule has 0 atom stereocenters. The maximum Gasteiger partial charge on any atom is 0.241 e. The molecule has 1 fully saturated rings.